The fraction of sp³-hybridized carbons (Fsp3) is 0.176. The van der Waals surface area contributed by atoms with Crippen molar-refractivity contribution in [3.05, 3.63) is 59.9 Å². The van der Waals surface area contributed by atoms with Crippen LogP contribution in [-0.4, -0.2) is 30.1 Å². The second kappa shape index (κ2) is 6.09. The fourth-order valence-electron chi connectivity index (χ4n) is 2.59. The van der Waals surface area contributed by atoms with E-state index in [9.17, 15) is 13.2 Å². The zero-order chi connectivity index (χ0) is 17.3. The number of aryl methyl sites for hydroxylation is 1. The number of aromatic nitrogens is 2. The lowest BCUT2D eigenvalue weighted by molar-refractivity contribution is 0.0946. The molecule has 1 amide bonds. The average Bonchev–Trinajstić information content (AvgIpc) is 2.88. The molecule has 3 rings (SSSR count). The van der Waals surface area contributed by atoms with Gasteiger partial charge in [-0.05, 0) is 24.3 Å². The summed E-state index contributed by atoms with van der Waals surface area (Å²) in [6, 6.07) is 13.8. The number of carbonyl (C=O) groups excluding carboxylic acids is 1. The van der Waals surface area contributed by atoms with E-state index in [0.717, 1.165) is 17.3 Å². The Hall–Kier alpha value is -2.67. The number of amides is 1. The first-order valence-corrected chi connectivity index (χ1v) is 9.24. The van der Waals surface area contributed by atoms with Crippen LogP contribution in [0.25, 0.3) is 11.0 Å². The molecule has 0 atom stereocenters. The van der Waals surface area contributed by atoms with Crippen molar-refractivity contribution in [1.29, 1.82) is 0 Å². The van der Waals surface area contributed by atoms with Crippen molar-refractivity contribution in [3.8, 4) is 0 Å². The Morgan fingerprint density at radius 3 is 2.50 bits per heavy atom. The van der Waals surface area contributed by atoms with Crippen LogP contribution in [0.4, 0.5) is 0 Å². The molecule has 24 heavy (non-hydrogen) atoms. The van der Waals surface area contributed by atoms with Gasteiger partial charge in [-0.3, -0.25) is 4.79 Å². The summed E-state index contributed by atoms with van der Waals surface area (Å²) in [6.45, 7) is 0.210. The highest BCUT2D eigenvalue weighted by Gasteiger charge is 2.18. The van der Waals surface area contributed by atoms with Gasteiger partial charge >= 0.3 is 0 Å². The second-order valence-electron chi connectivity index (χ2n) is 5.53. The normalized spacial score (nSPS) is 11.6. The molecule has 6 nitrogen and oxygen atoms in total. The molecular formula is C17H17N3O3S. The SMILES string of the molecule is Cn1c(CNC(=O)c2ccccc2S(C)(=O)=O)nc2ccccc21. The number of hydrogen-bond acceptors (Lipinski definition) is 4. The molecule has 0 saturated heterocycles. The minimum atomic E-state index is -3.47. The molecule has 7 heteroatoms. The molecule has 0 saturated carbocycles. The maximum absolute atomic E-state index is 12.4. The summed E-state index contributed by atoms with van der Waals surface area (Å²) in [6.07, 6.45) is 1.09. The summed E-state index contributed by atoms with van der Waals surface area (Å²) in [5.41, 5.74) is 1.96. The third-order valence-electron chi connectivity index (χ3n) is 3.82. The van der Waals surface area contributed by atoms with Gasteiger partial charge in [-0.15, -0.1) is 0 Å². The molecule has 0 radical (unpaired) electrons. The van der Waals surface area contributed by atoms with Crippen LogP contribution in [0, 0.1) is 0 Å². The van der Waals surface area contributed by atoms with Gasteiger partial charge in [0, 0.05) is 13.3 Å². The van der Waals surface area contributed by atoms with Crippen LogP contribution in [0.3, 0.4) is 0 Å². The Labute approximate surface area is 140 Å². The number of fused-ring (bicyclic) bond motifs is 1. The summed E-state index contributed by atoms with van der Waals surface area (Å²) in [4.78, 5) is 16.9. The molecule has 1 aromatic heterocycles. The number of hydrogen-bond donors (Lipinski definition) is 1. The summed E-state index contributed by atoms with van der Waals surface area (Å²) in [7, 11) is -1.60. The number of carbonyl (C=O) groups is 1. The van der Waals surface area contributed by atoms with E-state index >= 15 is 0 Å². The van der Waals surface area contributed by atoms with Gasteiger partial charge in [-0.25, -0.2) is 13.4 Å². The molecule has 0 unspecified atom stereocenters. The van der Waals surface area contributed by atoms with Crippen LogP contribution in [0.15, 0.2) is 53.4 Å². The van der Waals surface area contributed by atoms with Gasteiger partial charge < -0.3 is 9.88 Å². The number of rotatable bonds is 4. The molecule has 1 heterocycles. The molecular weight excluding hydrogens is 326 g/mol. The Balaban J connectivity index is 1.85. The summed E-state index contributed by atoms with van der Waals surface area (Å²) >= 11 is 0. The highest BCUT2D eigenvalue weighted by molar-refractivity contribution is 7.90. The van der Waals surface area contributed by atoms with Gasteiger partial charge in [0.2, 0.25) is 0 Å². The molecule has 0 aliphatic heterocycles. The van der Waals surface area contributed by atoms with Crippen molar-refractivity contribution in [2.75, 3.05) is 6.26 Å². The first-order chi connectivity index (χ1) is 11.4. The summed E-state index contributed by atoms with van der Waals surface area (Å²) in [5.74, 6) is 0.254. The summed E-state index contributed by atoms with van der Waals surface area (Å²) < 4.78 is 25.5. The number of benzene rings is 2. The zero-order valence-corrected chi connectivity index (χ0v) is 14.2. The van der Waals surface area contributed by atoms with Gasteiger partial charge in [0.1, 0.15) is 5.82 Å². The maximum Gasteiger partial charge on any atom is 0.252 e. The van der Waals surface area contributed by atoms with Crippen LogP contribution in [-0.2, 0) is 23.4 Å². The number of imidazole rings is 1. The largest absolute Gasteiger partial charge is 0.345 e. The smallest absolute Gasteiger partial charge is 0.252 e. The van der Waals surface area contributed by atoms with Crippen LogP contribution < -0.4 is 5.32 Å². The molecule has 3 aromatic rings. The predicted molar refractivity (Wildman–Crippen MR) is 91.4 cm³/mol. The lowest BCUT2D eigenvalue weighted by Gasteiger charge is -2.09. The molecule has 1 N–H and O–H groups in total. The van der Waals surface area contributed by atoms with Crippen molar-refractivity contribution < 1.29 is 13.2 Å². The molecule has 0 spiro atoms. The van der Waals surface area contributed by atoms with Crippen molar-refractivity contribution in [2.24, 2.45) is 7.05 Å². The molecule has 0 aliphatic rings. The minimum Gasteiger partial charge on any atom is -0.345 e. The maximum atomic E-state index is 12.4. The predicted octanol–water partition coefficient (Wildman–Crippen LogP) is 1.91. The Morgan fingerprint density at radius 1 is 1.12 bits per heavy atom. The first kappa shape index (κ1) is 16.2. The van der Waals surface area contributed by atoms with Crippen LogP contribution in [0.5, 0.6) is 0 Å². The molecule has 0 bridgehead atoms. The van der Waals surface area contributed by atoms with Crippen molar-refractivity contribution >= 4 is 26.8 Å². The Morgan fingerprint density at radius 2 is 1.79 bits per heavy atom. The second-order valence-corrected chi connectivity index (χ2v) is 7.51. The van der Waals surface area contributed by atoms with E-state index in [0.29, 0.717) is 5.82 Å². The Bertz CT molecular complexity index is 1020. The van der Waals surface area contributed by atoms with Gasteiger partial charge in [-0.2, -0.15) is 0 Å². The zero-order valence-electron chi connectivity index (χ0n) is 13.4. The van der Waals surface area contributed by atoms with Gasteiger partial charge in [0.05, 0.1) is 28.0 Å². The van der Waals surface area contributed by atoms with Gasteiger partial charge in [0.15, 0.2) is 9.84 Å². The summed E-state index contributed by atoms with van der Waals surface area (Å²) in [5, 5.41) is 2.74. The topological polar surface area (TPSA) is 81.1 Å². The number of nitrogens with zero attached hydrogens (tertiary/aromatic N) is 2. The minimum absolute atomic E-state index is 0.0208. The highest BCUT2D eigenvalue weighted by Crippen LogP contribution is 2.16. The van der Waals surface area contributed by atoms with Crippen LogP contribution >= 0.6 is 0 Å². The van der Waals surface area contributed by atoms with E-state index in [1.807, 2.05) is 35.9 Å². The molecule has 124 valence electrons. The molecule has 0 fully saturated rings. The van der Waals surface area contributed by atoms with Gasteiger partial charge in [0.25, 0.3) is 5.91 Å². The van der Waals surface area contributed by atoms with E-state index < -0.39 is 15.7 Å². The van der Waals surface area contributed by atoms with Gasteiger partial charge in [-0.1, -0.05) is 24.3 Å². The van der Waals surface area contributed by atoms with Crippen molar-refractivity contribution in [3.63, 3.8) is 0 Å². The van der Waals surface area contributed by atoms with E-state index in [1.54, 1.807) is 12.1 Å². The molecule has 0 aliphatic carbocycles. The number of para-hydroxylation sites is 2. The fourth-order valence-corrected chi connectivity index (χ4v) is 3.47. The number of nitrogens with one attached hydrogen (secondary N) is 1. The highest BCUT2D eigenvalue weighted by atomic mass is 32.2. The first-order valence-electron chi connectivity index (χ1n) is 7.35. The average molecular weight is 343 g/mol. The third-order valence-corrected chi connectivity index (χ3v) is 4.97. The monoisotopic (exact) mass is 343 g/mol. The number of sulfone groups is 1. The standard InChI is InChI=1S/C17H17N3O3S/c1-20-14-9-5-4-8-13(14)19-16(20)11-18-17(21)12-7-3-6-10-15(12)24(2,22)23/h3-10H,11H2,1-2H3,(H,18,21). The quantitative estimate of drug-likeness (QED) is 0.784. The van der Waals surface area contributed by atoms with Crippen LogP contribution in [0.2, 0.25) is 0 Å². The van der Waals surface area contributed by atoms with E-state index in [2.05, 4.69) is 10.3 Å². The van der Waals surface area contributed by atoms with Crippen molar-refractivity contribution in [2.45, 2.75) is 11.4 Å². The third kappa shape index (κ3) is 3.03. The molecule has 2 aromatic carbocycles. The van der Waals surface area contributed by atoms with Crippen molar-refractivity contribution in [1.82, 2.24) is 14.9 Å². The Kier molecular flexibility index (Phi) is 4.11. The van der Waals surface area contributed by atoms with E-state index in [-0.39, 0.29) is 17.0 Å². The lowest BCUT2D eigenvalue weighted by atomic mass is 10.2. The van der Waals surface area contributed by atoms with E-state index in [4.69, 9.17) is 0 Å². The van der Waals surface area contributed by atoms with E-state index in [1.165, 1.54) is 12.1 Å². The van der Waals surface area contributed by atoms with Crippen LogP contribution in [0.1, 0.15) is 16.2 Å². The lowest BCUT2D eigenvalue weighted by Crippen LogP contribution is -2.26.